The Bertz CT molecular complexity index is 530. The maximum absolute atomic E-state index is 8.88. The van der Waals surface area contributed by atoms with Crippen LogP contribution < -0.4 is 0 Å². The van der Waals surface area contributed by atoms with E-state index in [0.717, 1.165) is 17.0 Å². The number of nitrogens with zero attached hydrogens (tertiary/aromatic N) is 1. The molecule has 1 aromatic carbocycles. The zero-order valence-corrected chi connectivity index (χ0v) is 8.83. The zero-order chi connectivity index (χ0) is 10.8. The summed E-state index contributed by atoms with van der Waals surface area (Å²) in [5.41, 5.74) is 5.02. The predicted octanol–water partition coefficient (Wildman–Crippen LogP) is 3.17. The van der Waals surface area contributed by atoms with Gasteiger partial charge in [0, 0.05) is 17.0 Å². The highest BCUT2D eigenvalue weighted by Gasteiger charge is 2.06. The standard InChI is InChI=1S/C13H12N2/c1-9-5-3-4-6-12(9)13-7-11(8-14)10(2)15-13/h3-7,15H,1-2H3. The summed E-state index contributed by atoms with van der Waals surface area (Å²) in [6.07, 6.45) is 0. The van der Waals surface area contributed by atoms with Crippen LogP contribution in [0.25, 0.3) is 11.3 Å². The molecule has 0 saturated carbocycles. The van der Waals surface area contributed by atoms with E-state index in [-0.39, 0.29) is 0 Å². The molecule has 0 amide bonds. The van der Waals surface area contributed by atoms with Crippen LogP contribution in [0.4, 0.5) is 0 Å². The van der Waals surface area contributed by atoms with Gasteiger partial charge in [0.05, 0.1) is 5.56 Å². The van der Waals surface area contributed by atoms with Gasteiger partial charge in [0.1, 0.15) is 6.07 Å². The van der Waals surface area contributed by atoms with Crippen LogP contribution in [-0.4, -0.2) is 4.98 Å². The number of aryl methyl sites for hydroxylation is 2. The minimum atomic E-state index is 0.716. The van der Waals surface area contributed by atoms with E-state index in [2.05, 4.69) is 30.1 Å². The van der Waals surface area contributed by atoms with Crippen molar-refractivity contribution in [2.45, 2.75) is 13.8 Å². The Labute approximate surface area is 89.2 Å². The van der Waals surface area contributed by atoms with Crippen molar-refractivity contribution in [1.29, 1.82) is 5.26 Å². The van der Waals surface area contributed by atoms with E-state index >= 15 is 0 Å². The molecule has 0 saturated heterocycles. The number of aromatic amines is 1. The normalized spacial score (nSPS) is 9.93. The molecule has 2 rings (SSSR count). The van der Waals surface area contributed by atoms with Gasteiger partial charge in [-0.15, -0.1) is 0 Å². The van der Waals surface area contributed by atoms with E-state index in [1.165, 1.54) is 5.56 Å². The number of nitriles is 1. The average molecular weight is 196 g/mol. The van der Waals surface area contributed by atoms with Gasteiger partial charge in [-0.3, -0.25) is 0 Å². The van der Waals surface area contributed by atoms with E-state index in [1.807, 2.05) is 25.1 Å². The third-order valence-corrected chi connectivity index (χ3v) is 2.57. The van der Waals surface area contributed by atoms with Crippen LogP contribution in [0.15, 0.2) is 30.3 Å². The van der Waals surface area contributed by atoms with E-state index in [1.54, 1.807) is 0 Å². The molecule has 0 aliphatic rings. The van der Waals surface area contributed by atoms with E-state index in [4.69, 9.17) is 5.26 Å². The zero-order valence-electron chi connectivity index (χ0n) is 8.83. The molecule has 2 heteroatoms. The topological polar surface area (TPSA) is 39.6 Å². The molecule has 15 heavy (non-hydrogen) atoms. The van der Waals surface area contributed by atoms with E-state index in [9.17, 15) is 0 Å². The summed E-state index contributed by atoms with van der Waals surface area (Å²) in [5, 5.41) is 8.88. The number of rotatable bonds is 1. The van der Waals surface area contributed by atoms with Gasteiger partial charge >= 0.3 is 0 Å². The summed E-state index contributed by atoms with van der Waals surface area (Å²) in [4.78, 5) is 3.23. The van der Waals surface area contributed by atoms with Crippen molar-refractivity contribution in [3.63, 3.8) is 0 Å². The largest absolute Gasteiger partial charge is 0.358 e. The molecular formula is C13H12N2. The summed E-state index contributed by atoms with van der Waals surface area (Å²) in [6, 6.07) is 12.2. The maximum Gasteiger partial charge on any atom is 0.101 e. The predicted molar refractivity (Wildman–Crippen MR) is 60.4 cm³/mol. The van der Waals surface area contributed by atoms with Crippen molar-refractivity contribution >= 4 is 0 Å². The van der Waals surface area contributed by atoms with Gasteiger partial charge in [0.15, 0.2) is 0 Å². The minimum absolute atomic E-state index is 0.716. The molecule has 1 aromatic heterocycles. The van der Waals surface area contributed by atoms with Crippen molar-refractivity contribution < 1.29 is 0 Å². The van der Waals surface area contributed by atoms with Crippen LogP contribution in [0.1, 0.15) is 16.8 Å². The van der Waals surface area contributed by atoms with Crippen LogP contribution in [0.5, 0.6) is 0 Å². The second kappa shape index (κ2) is 3.62. The lowest BCUT2D eigenvalue weighted by atomic mass is 10.1. The Morgan fingerprint density at radius 2 is 1.93 bits per heavy atom. The van der Waals surface area contributed by atoms with Crippen molar-refractivity contribution in [2.24, 2.45) is 0 Å². The average Bonchev–Trinajstić information content (AvgIpc) is 2.60. The molecular weight excluding hydrogens is 184 g/mol. The van der Waals surface area contributed by atoms with Gasteiger partial charge in [-0.05, 0) is 25.5 Å². The van der Waals surface area contributed by atoms with Crippen LogP contribution in [-0.2, 0) is 0 Å². The van der Waals surface area contributed by atoms with Crippen LogP contribution in [0.3, 0.4) is 0 Å². The first-order valence-electron chi connectivity index (χ1n) is 4.88. The molecule has 0 aliphatic heterocycles. The number of hydrogen-bond acceptors (Lipinski definition) is 1. The van der Waals surface area contributed by atoms with E-state index in [0.29, 0.717) is 5.56 Å². The molecule has 2 aromatic rings. The Kier molecular flexibility index (Phi) is 2.31. The molecule has 1 heterocycles. The number of hydrogen-bond donors (Lipinski definition) is 1. The van der Waals surface area contributed by atoms with Gasteiger partial charge in [0.2, 0.25) is 0 Å². The van der Waals surface area contributed by atoms with Gasteiger partial charge in [-0.1, -0.05) is 24.3 Å². The molecule has 0 unspecified atom stereocenters. The molecule has 0 bridgehead atoms. The highest BCUT2D eigenvalue weighted by atomic mass is 14.7. The van der Waals surface area contributed by atoms with Crippen molar-refractivity contribution in [3.8, 4) is 17.3 Å². The second-order valence-corrected chi connectivity index (χ2v) is 3.65. The molecule has 2 nitrogen and oxygen atoms in total. The van der Waals surface area contributed by atoms with Gasteiger partial charge in [0.25, 0.3) is 0 Å². The highest BCUT2D eigenvalue weighted by molar-refractivity contribution is 5.66. The van der Waals surface area contributed by atoms with Gasteiger partial charge in [-0.25, -0.2) is 0 Å². The summed E-state index contributed by atoms with van der Waals surface area (Å²) in [6.45, 7) is 3.98. The van der Waals surface area contributed by atoms with Crippen molar-refractivity contribution in [2.75, 3.05) is 0 Å². The third kappa shape index (κ3) is 1.64. The lowest BCUT2D eigenvalue weighted by molar-refractivity contribution is 1.25. The quantitative estimate of drug-likeness (QED) is 0.747. The fourth-order valence-corrected chi connectivity index (χ4v) is 1.69. The maximum atomic E-state index is 8.88. The lowest BCUT2D eigenvalue weighted by Gasteiger charge is -2.01. The molecule has 0 aliphatic carbocycles. The first-order chi connectivity index (χ1) is 7.22. The Balaban J connectivity index is 2.56. The van der Waals surface area contributed by atoms with Crippen LogP contribution >= 0.6 is 0 Å². The fraction of sp³-hybridized carbons (Fsp3) is 0.154. The summed E-state index contributed by atoms with van der Waals surface area (Å²) >= 11 is 0. The molecule has 0 atom stereocenters. The minimum Gasteiger partial charge on any atom is -0.358 e. The van der Waals surface area contributed by atoms with Crippen LogP contribution in [0, 0.1) is 25.2 Å². The Hall–Kier alpha value is -2.01. The first-order valence-corrected chi connectivity index (χ1v) is 4.88. The molecule has 0 fully saturated rings. The first kappa shape index (κ1) is 9.54. The highest BCUT2D eigenvalue weighted by Crippen LogP contribution is 2.24. The van der Waals surface area contributed by atoms with Gasteiger partial charge in [-0.2, -0.15) is 5.26 Å². The lowest BCUT2D eigenvalue weighted by Crippen LogP contribution is -1.82. The summed E-state index contributed by atoms with van der Waals surface area (Å²) in [5.74, 6) is 0. The SMILES string of the molecule is Cc1ccccc1-c1cc(C#N)c(C)[nH]1. The smallest absolute Gasteiger partial charge is 0.101 e. The van der Waals surface area contributed by atoms with Crippen molar-refractivity contribution in [1.82, 2.24) is 4.98 Å². The monoisotopic (exact) mass is 196 g/mol. The fourth-order valence-electron chi connectivity index (χ4n) is 1.69. The Morgan fingerprint density at radius 1 is 1.20 bits per heavy atom. The Morgan fingerprint density at radius 3 is 2.53 bits per heavy atom. The third-order valence-electron chi connectivity index (χ3n) is 2.57. The molecule has 0 radical (unpaired) electrons. The number of aromatic nitrogens is 1. The van der Waals surface area contributed by atoms with E-state index < -0.39 is 0 Å². The summed E-state index contributed by atoms with van der Waals surface area (Å²) in [7, 11) is 0. The van der Waals surface area contributed by atoms with Crippen molar-refractivity contribution in [3.05, 3.63) is 47.2 Å². The number of nitrogens with one attached hydrogen (secondary N) is 1. The second-order valence-electron chi connectivity index (χ2n) is 3.65. The molecule has 1 N–H and O–H groups in total. The van der Waals surface area contributed by atoms with Gasteiger partial charge < -0.3 is 4.98 Å². The van der Waals surface area contributed by atoms with Crippen LogP contribution in [0.2, 0.25) is 0 Å². The number of H-pyrrole nitrogens is 1. The molecule has 0 spiro atoms. The number of benzene rings is 1. The molecule has 74 valence electrons. The summed E-state index contributed by atoms with van der Waals surface area (Å²) < 4.78 is 0.